The molecule has 0 saturated heterocycles. The molecule has 0 unspecified atom stereocenters. The number of hydrogen-bond donors (Lipinski definition) is 1. The highest BCUT2D eigenvalue weighted by molar-refractivity contribution is 6.31. The minimum Gasteiger partial charge on any atom is -0.370 e. The van der Waals surface area contributed by atoms with Crippen LogP contribution in [-0.4, -0.2) is 20.7 Å². The second-order valence-electron chi connectivity index (χ2n) is 4.30. The minimum absolute atomic E-state index is 0.160. The quantitative estimate of drug-likeness (QED) is 0.857. The molecule has 0 saturated carbocycles. The van der Waals surface area contributed by atoms with E-state index in [1.807, 2.05) is 6.92 Å². The van der Waals surface area contributed by atoms with Gasteiger partial charge in [-0.2, -0.15) is 0 Å². The monoisotopic (exact) mass is 294 g/mol. The van der Waals surface area contributed by atoms with Crippen LogP contribution in [0.2, 0.25) is 5.02 Å². The van der Waals surface area contributed by atoms with Gasteiger partial charge in [0.1, 0.15) is 5.82 Å². The van der Waals surface area contributed by atoms with E-state index in [1.54, 1.807) is 18.3 Å². The van der Waals surface area contributed by atoms with E-state index in [0.717, 1.165) is 6.54 Å². The molecule has 0 fully saturated rings. The molecule has 2 rings (SSSR count). The van der Waals surface area contributed by atoms with E-state index in [0.29, 0.717) is 16.5 Å². The summed E-state index contributed by atoms with van der Waals surface area (Å²) < 4.78 is 2.54. The Bertz CT molecular complexity index is 736. The summed E-state index contributed by atoms with van der Waals surface area (Å²) in [7, 11) is 1.53. The van der Waals surface area contributed by atoms with Crippen molar-refractivity contribution in [2.75, 3.05) is 11.9 Å². The van der Waals surface area contributed by atoms with E-state index in [2.05, 4.69) is 10.3 Å². The predicted octanol–water partition coefficient (Wildman–Crippen LogP) is 1.08. The molecule has 0 atom stereocenters. The lowest BCUT2D eigenvalue weighted by molar-refractivity contribution is 0.685. The molecule has 6 nitrogen and oxygen atoms in total. The van der Waals surface area contributed by atoms with Crippen LogP contribution >= 0.6 is 11.6 Å². The molecule has 0 aliphatic rings. The number of anilines is 1. The number of pyridine rings is 1. The number of hydrogen-bond acceptors (Lipinski definition) is 4. The van der Waals surface area contributed by atoms with Crippen LogP contribution in [0.25, 0.3) is 0 Å². The summed E-state index contributed by atoms with van der Waals surface area (Å²) in [6.45, 7) is 2.86. The molecular weight excluding hydrogens is 280 g/mol. The number of aromatic nitrogens is 3. The SMILES string of the molecule is CCNc1ccc(Cl)c(Cn2ccn(C)c(=O)c2=O)n1. The molecule has 0 amide bonds. The summed E-state index contributed by atoms with van der Waals surface area (Å²) in [5, 5.41) is 3.53. The van der Waals surface area contributed by atoms with Gasteiger partial charge in [0.15, 0.2) is 0 Å². The summed E-state index contributed by atoms with van der Waals surface area (Å²) in [6, 6.07) is 3.48. The van der Waals surface area contributed by atoms with E-state index in [9.17, 15) is 9.59 Å². The molecule has 1 N–H and O–H groups in total. The third-order valence-corrected chi connectivity index (χ3v) is 3.18. The zero-order chi connectivity index (χ0) is 14.7. The van der Waals surface area contributed by atoms with Crippen LogP contribution in [0, 0.1) is 0 Å². The fourth-order valence-electron chi connectivity index (χ4n) is 1.75. The Hall–Kier alpha value is -2.08. The van der Waals surface area contributed by atoms with E-state index < -0.39 is 11.1 Å². The Kier molecular flexibility index (Phi) is 4.24. The highest BCUT2D eigenvalue weighted by atomic mass is 35.5. The second kappa shape index (κ2) is 5.92. The third kappa shape index (κ3) is 2.91. The Morgan fingerprint density at radius 1 is 1.25 bits per heavy atom. The normalized spacial score (nSPS) is 10.6. The Morgan fingerprint density at radius 3 is 2.70 bits per heavy atom. The first-order chi connectivity index (χ1) is 9.52. The lowest BCUT2D eigenvalue weighted by Crippen LogP contribution is -2.39. The average Bonchev–Trinajstić information content (AvgIpc) is 2.43. The van der Waals surface area contributed by atoms with Crippen molar-refractivity contribution in [2.45, 2.75) is 13.5 Å². The first-order valence-corrected chi connectivity index (χ1v) is 6.56. The van der Waals surface area contributed by atoms with Gasteiger partial charge in [0.25, 0.3) is 0 Å². The highest BCUT2D eigenvalue weighted by Crippen LogP contribution is 2.17. The second-order valence-corrected chi connectivity index (χ2v) is 4.71. The van der Waals surface area contributed by atoms with Crippen molar-refractivity contribution in [3.63, 3.8) is 0 Å². The maximum absolute atomic E-state index is 11.9. The van der Waals surface area contributed by atoms with E-state index in [4.69, 9.17) is 11.6 Å². The maximum Gasteiger partial charge on any atom is 0.316 e. The van der Waals surface area contributed by atoms with Crippen LogP contribution in [0.4, 0.5) is 5.82 Å². The minimum atomic E-state index is -0.596. The van der Waals surface area contributed by atoms with Crippen LogP contribution in [0.15, 0.2) is 34.1 Å². The number of rotatable bonds is 4. The van der Waals surface area contributed by atoms with Crippen LogP contribution < -0.4 is 16.4 Å². The highest BCUT2D eigenvalue weighted by Gasteiger charge is 2.08. The Balaban J connectivity index is 2.40. The van der Waals surface area contributed by atoms with Crippen LogP contribution in [0.3, 0.4) is 0 Å². The molecular formula is C13H15ClN4O2. The molecule has 2 aromatic rings. The standard InChI is InChI=1S/C13H15ClN4O2/c1-3-15-11-5-4-9(14)10(16-11)8-18-7-6-17(2)12(19)13(18)20/h4-7H,3,8H2,1-2H3,(H,15,16). The first-order valence-electron chi connectivity index (χ1n) is 6.18. The van der Waals surface area contributed by atoms with Gasteiger partial charge in [-0.25, -0.2) is 4.98 Å². The fraction of sp³-hybridized carbons (Fsp3) is 0.308. The van der Waals surface area contributed by atoms with Crippen molar-refractivity contribution in [3.05, 3.63) is 56.0 Å². The van der Waals surface area contributed by atoms with Crippen molar-refractivity contribution >= 4 is 17.4 Å². The molecule has 0 radical (unpaired) electrons. The summed E-state index contributed by atoms with van der Waals surface area (Å²) in [5.74, 6) is 0.684. The number of aryl methyl sites for hydroxylation is 1. The van der Waals surface area contributed by atoms with E-state index in [1.165, 1.54) is 22.4 Å². The van der Waals surface area contributed by atoms with Crippen LogP contribution in [-0.2, 0) is 13.6 Å². The molecule has 2 aromatic heterocycles. The lowest BCUT2D eigenvalue weighted by atomic mass is 10.3. The summed E-state index contributed by atoms with van der Waals surface area (Å²) in [4.78, 5) is 27.8. The van der Waals surface area contributed by atoms with Crippen LogP contribution in [0.5, 0.6) is 0 Å². The number of nitrogens with zero attached hydrogens (tertiary/aromatic N) is 3. The molecule has 0 aromatic carbocycles. The van der Waals surface area contributed by atoms with Gasteiger partial charge in [-0.3, -0.25) is 9.59 Å². The molecule has 7 heteroatoms. The predicted molar refractivity (Wildman–Crippen MR) is 78.5 cm³/mol. The molecule has 0 spiro atoms. The van der Waals surface area contributed by atoms with E-state index in [-0.39, 0.29) is 6.54 Å². The van der Waals surface area contributed by atoms with Crippen LogP contribution in [0.1, 0.15) is 12.6 Å². The van der Waals surface area contributed by atoms with E-state index >= 15 is 0 Å². The van der Waals surface area contributed by atoms with Gasteiger partial charge in [-0.05, 0) is 19.1 Å². The molecule has 0 bridgehead atoms. The maximum atomic E-state index is 11.9. The summed E-state index contributed by atoms with van der Waals surface area (Å²) in [5.41, 5.74) is -0.631. The van der Waals surface area contributed by atoms with Crippen molar-refractivity contribution < 1.29 is 0 Å². The zero-order valence-electron chi connectivity index (χ0n) is 11.3. The van der Waals surface area contributed by atoms with Crippen molar-refractivity contribution in [2.24, 2.45) is 7.05 Å². The molecule has 20 heavy (non-hydrogen) atoms. The van der Waals surface area contributed by atoms with Crippen molar-refractivity contribution in [1.29, 1.82) is 0 Å². The molecule has 106 valence electrons. The zero-order valence-corrected chi connectivity index (χ0v) is 12.0. The average molecular weight is 295 g/mol. The van der Waals surface area contributed by atoms with Gasteiger partial charge in [-0.15, -0.1) is 0 Å². The van der Waals surface area contributed by atoms with Gasteiger partial charge in [0.2, 0.25) is 0 Å². The smallest absolute Gasteiger partial charge is 0.316 e. The van der Waals surface area contributed by atoms with Gasteiger partial charge >= 0.3 is 11.1 Å². The number of halogens is 1. The fourth-order valence-corrected chi connectivity index (χ4v) is 1.92. The molecule has 2 heterocycles. The Morgan fingerprint density at radius 2 is 2.00 bits per heavy atom. The van der Waals surface area contributed by atoms with Crippen molar-refractivity contribution in [3.8, 4) is 0 Å². The van der Waals surface area contributed by atoms with Gasteiger partial charge < -0.3 is 14.5 Å². The lowest BCUT2D eigenvalue weighted by Gasteiger charge is -2.09. The third-order valence-electron chi connectivity index (χ3n) is 2.83. The summed E-state index contributed by atoms with van der Waals surface area (Å²) >= 11 is 6.08. The van der Waals surface area contributed by atoms with Gasteiger partial charge in [-0.1, -0.05) is 11.6 Å². The molecule has 0 aliphatic heterocycles. The summed E-state index contributed by atoms with van der Waals surface area (Å²) in [6.07, 6.45) is 3.08. The molecule has 0 aliphatic carbocycles. The topological polar surface area (TPSA) is 68.9 Å². The van der Waals surface area contributed by atoms with Crippen molar-refractivity contribution in [1.82, 2.24) is 14.1 Å². The van der Waals surface area contributed by atoms with Gasteiger partial charge in [0.05, 0.1) is 17.3 Å². The largest absolute Gasteiger partial charge is 0.370 e. The first kappa shape index (κ1) is 14.3. The number of nitrogens with one attached hydrogen (secondary N) is 1. The van der Waals surface area contributed by atoms with Gasteiger partial charge in [0, 0.05) is 26.0 Å². The Labute approximate surface area is 120 Å².